The van der Waals surface area contributed by atoms with Crippen LogP contribution in [-0.2, 0) is 17.8 Å². The summed E-state index contributed by atoms with van der Waals surface area (Å²) in [4.78, 5) is 14.6. The Kier molecular flexibility index (Phi) is 5.91. The molecule has 1 aliphatic heterocycles. The van der Waals surface area contributed by atoms with Gasteiger partial charge in [-0.15, -0.1) is 0 Å². The quantitative estimate of drug-likeness (QED) is 0.849. The van der Waals surface area contributed by atoms with Crippen molar-refractivity contribution in [2.75, 3.05) is 25.0 Å². The highest BCUT2D eigenvalue weighted by atomic mass is 19.1. The van der Waals surface area contributed by atoms with Gasteiger partial charge in [0.2, 0.25) is 5.91 Å². The van der Waals surface area contributed by atoms with E-state index in [9.17, 15) is 9.18 Å². The van der Waals surface area contributed by atoms with E-state index >= 15 is 0 Å². The SMILES string of the molecule is CCC(C(=O)Nc1ccc2c(c1F)CCNC2)N(CC)CC. The van der Waals surface area contributed by atoms with Crippen molar-refractivity contribution in [3.8, 4) is 0 Å². The van der Waals surface area contributed by atoms with Gasteiger partial charge in [0.25, 0.3) is 0 Å². The molecule has 1 amide bonds. The fourth-order valence-corrected chi connectivity index (χ4v) is 3.12. The largest absolute Gasteiger partial charge is 0.322 e. The average molecular weight is 307 g/mol. The Balaban J connectivity index is 2.17. The normalized spacial score (nSPS) is 15.5. The Hall–Kier alpha value is -1.46. The summed E-state index contributed by atoms with van der Waals surface area (Å²) in [7, 11) is 0. The van der Waals surface area contributed by atoms with Gasteiger partial charge in [-0.25, -0.2) is 4.39 Å². The van der Waals surface area contributed by atoms with Crippen LogP contribution in [0, 0.1) is 5.82 Å². The number of benzene rings is 1. The van der Waals surface area contributed by atoms with Crippen molar-refractivity contribution in [1.82, 2.24) is 10.2 Å². The van der Waals surface area contributed by atoms with Crippen LogP contribution in [0.4, 0.5) is 10.1 Å². The number of hydrogen-bond acceptors (Lipinski definition) is 3. The van der Waals surface area contributed by atoms with Crippen molar-refractivity contribution >= 4 is 11.6 Å². The second-order valence-electron chi connectivity index (χ2n) is 5.63. The van der Waals surface area contributed by atoms with Crippen molar-refractivity contribution in [3.05, 3.63) is 29.1 Å². The van der Waals surface area contributed by atoms with Crippen LogP contribution >= 0.6 is 0 Å². The van der Waals surface area contributed by atoms with Crippen LogP contribution in [0.2, 0.25) is 0 Å². The number of likely N-dealkylation sites (N-methyl/N-ethyl adjacent to an activating group) is 1. The van der Waals surface area contributed by atoms with Gasteiger partial charge >= 0.3 is 0 Å². The average Bonchev–Trinajstić information content (AvgIpc) is 2.55. The van der Waals surface area contributed by atoms with E-state index in [0.29, 0.717) is 25.1 Å². The fraction of sp³-hybridized carbons (Fsp3) is 0.588. The lowest BCUT2D eigenvalue weighted by Crippen LogP contribution is -2.43. The molecule has 0 fully saturated rings. The maximum atomic E-state index is 14.6. The van der Waals surface area contributed by atoms with E-state index in [1.54, 1.807) is 6.07 Å². The molecule has 0 aliphatic carbocycles. The molecule has 0 saturated heterocycles. The Bertz CT molecular complexity index is 529. The van der Waals surface area contributed by atoms with Crippen molar-refractivity contribution in [1.29, 1.82) is 0 Å². The van der Waals surface area contributed by atoms with E-state index < -0.39 is 0 Å². The Labute approximate surface area is 132 Å². The van der Waals surface area contributed by atoms with Crippen LogP contribution in [0.5, 0.6) is 0 Å². The van der Waals surface area contributed by atoms with Gasteiger partial charge in [-0.3, -0.25) is 9.69 Å². The molecule has 2 N–H and O–H groups in total. The van der Waals surface area contributed by atoms with Crippen LogP contribution in [0.3, 0.4) is 0 Å². The standard InChI is InChI=1S/C17H26FN3O/c1-4-15(21(5-2)6-3)17(22)20-14-8-7-12-11-19-10-9-13(12)16(14)18/h7-8,15,19H,4-6,9-11H2,1-3H3,(H,20,22). The second kappa shape index (κ2) is 7.70. The maximum Gasteiger partial charge on any atom is 0.241 e. The third-order valence-electron chi connectivity index (χ3n) is 4.41. The molecule has 122 valence electrons. The highest BCUT2D eigenvalue weighted by Gasteiger charge is 2.24. The summed E-state index contributed by atoms with van der Waals surface area (Å²) in [6, 6.07) is 3.36. The van der Waals surface area contributed by atoms with E-state index in [4.69, 9.17) is 0 Å². The Morgan fingerprint density at radius 2 is 2.09 bits per heavy atom. The number of carbonyl (C=O) groups is 1. The zero-order valence-electron chi connectivity index (χ0n) is 13.7. The summed E-state index contributed by atoms with van der Waals surface area (Å²) in [6.45, 7) is 9.13. The molecule has 0 bridgehead atoms. The zero-order chi connectivity index (χ0) is 16.1. The van der Waals surface area contributed by atoms with E-state index in [-0.39, 0.29) is 17.8 Å². The first-order chi connectivity index (χ1) is 10.6. The number of halogens is 1. The first-order valence-corrected chi connectivity index (χ1v) is 8.18. The summed E-state index contributed by atoms with van der Waals surface area (Å²) in [6.07, 6.45) is 1.38. The molecule has 1 atom stereocenters. The molecular weight excluding hydrogens is 281 g/mol. The van der Waals surface area contributed by atoms with Crippen LogP contribution in [0.1, 0.15) is 38.3 Å². The lowest BCUT2D eigenvalue weighted by Gasteiger charge is -2.28. The number of anilines is 1. The Morgan fingerprint density at radius 1 is 1.36 bits per heavy atom. The smallest absolute Gasteiger partial charge is 0.241 e. The number of fused-ring (bicyclic) bond motifs is 1. The highest BCUT2D eigenvalue weighted by Crippen LogP contribution is 2.25. The predicted octanol–water partition coefficient (Wildman–Crippen LogP) is 2.53. The van der Waals surface area contributed by atoms with Gasteiger partial charge in [-0.05, 0) is 49.7 Å². The molecule has 1 aromatic rings. The van der Waals surface area contributed by atoms with Gasteiger partial charge in [-0.2, -0.15) is 0 Å². The first kappa shape index (κ1) is 16.9. The molecule has 1 aliphatic rings. The lowest BCUT2D eigenvalue weighted by atomic mass is 9.99. The Morgan fingerprint density at radius 3 is 2.73 bits per heavy atom. The molecule has 4 nitrogen and oxygen atoms in total. The minimum Gasteiger partial charge on any atom is -0.322 e. The number of nitrogens with zero attached hydrogens (tertiary/aromatic N) is 1. The van der Waals surface area contributed by atoms with Crippen LogP contribution in [0.25, 0.3) is 0 Å². The second-order valence-corrected chi connectivity index (χ2v) is 5.63. The summed E-state index contributed by atoms with van der Waals surface area (Å²) in [5.41, 5.74) is 2.02. The summed E-state index contributed by atoms with van der Waals surface area (Å²) in [5.74, 6) is -0.402. The van der Waals surface area contributed by atoms with E-state index in [0.717, 1.165) is 30.8 Å². The third-order valence-corrected chi connectivity index (χ3v) is 4.41. The van der Waals surface area contributed by atoms with E-state index in [1.807, 2.05) is 26.8 Å². The van der Waals surface area contributed by atoms with Gasteiger partial charge in [0, 0.05) is 6.54 Å². The van der Waals surface area contributed by atoms with Crippen LogP contribution in [-0.4, -0.2) is 36.5 Å². The molecule has 0 saturated carbocycles. The topological polar surface area (TPSA) is 44.4 Å². The molecule has 0 aromatic heterocycles. The molecule has 0 radical (unpaired) electrons. The van der Waals surface area contributed by atoms with Crippen LogP contribution in [0.15, 0.2) is 12.1 Å². The predicted molar refractivity (Wildman–Crippen MR) is 87.4 cm³/mol. The van der Waals surface area contributed by atoms with Crippen molar-refractivity contribution in [2.24, 2.45) is 0 Å². The molecular formula is C17H26FN3O. The van der Waals surface area contributed by atoms with Crippen molar-refractivity contribution in [2.45, 2.75) is 46.2 Å². The monoisotopic (exact) mass is 307 g/mol. The van der Waals surface area contributed by atoms with E-state index in [2.05, 4.69) is 15.5 Å². The third kappa shape index (κ3) is 3.47. The van der Waals surface area contributed by atoms with Gasteiger partial charge in [0.05, 0.1) is 11.7 Å². The number of nitrogens with one attached hydrogen (secondary N) is 2. The van der Waals surface area contributed by atoms with Gasteiger partial charge in [-0.1, -0.05) is 26.8 Å². The highest BCUT2D eigenvalue weighted by molar-refractivity contribution is 5.95. The molecule has 2 rings (SSSR count). The molecule has 5 heteroatoms. The lowest BCUT2D eigenvalue weighted by molar-refractivity contribution is -0.121. The molecule has 22 heavy (non-hydrogen) atoms. The van der Waals surface area contributed by atoms with Gasteiger partial charge < -0.3 is 10.6 Å². The van der Waals surface area contributed by atoms with Gasteiger partial charge in [0.15, 0.2) is 0 Å². The maximum absolute atomic E-state index is 14.6. The zero-order valence-corrected chi connectivity index (χ0v) is 13.7. The minimum atomic E-state index is -0.276. The molecule has 1 aromatic carbocycles. The number of carbonyl (C=O) groups excluding carboxylic acids is 1. The molecule has 0 spiro atoms. The summed E-state index contributed by atoms with van der Waals surface area (Å²) < 4.78 is 14.6. The number of amides is 1. The van der Waals surface area contributed by atoms with Gasteiger partial charge in [0.1, 0.15) is 5.82 Å². The first-order valence-electron chi connectivity index (χ1n) is 8.18. The van der Waals surface area contributed by atoms with Crippen LogP contribution < -0.4 is 10.6 Å². The molecule has 1 unspecified atom stereocenters. The molecule has 1 heterocycles. The summed E-state index contributed by atoms with van der Waals surface area (Å²) in [5, 5.41) is 6.01. The summed E-state index contributed by atoms with van der Waals surface area (Å²) >= 11 is 0. The number of rotatable bonds is 6. The fourth-order valence-electron chi connectivity index (χ4n) is 3.12. The van der Waals surface area contributed by atoms with Crippen molar-refractivity contribution < 1.29 is 9.18 Å². The number of hydrogen-bond donors (Lipinski definition) is 2. The van der Waals surface area contributed by atoms with Crippen molar-refractivity contribution in [3.63, 3.8) is 0 Å². The minimum absolute atomic E-state index is 0.126. The van der Waals surface area contributed by atoms with E-state index in [1.165, 1.54) is 0 Å².